The summed E-state index contributed by atoms with van der Waals surface area (Å²) in [6.07, 6.45) is 6.54. The minimum absolute atomic E-state index is 0.00321. The predicted molar refractivity (Wildman–Crippen MR) is 183 cm³/mol. The summed E-state index contributed by atoms with van der Waals surface area (Å²) in [6.45, 7) is 0. The molecule has 9 rings (SSSR count). The number of benzene rings is 5. The fourth-order valence-electron chi connectivity index (χ4n) is 6.87. The van der Waals surface area contributed by atoms with Crippen molar-refractivity contribution in [1.29, 1.82) is 0 Å². The van der Waals surface area contributed by atoms with E-state index >= 15 is 0 Å². The Morgan fingerprint density at radius 2 is 1.11 bits per heavy atom. The number of allylic oxidation sites excluding steroid dienone is 2. The van der Waals surface area contributed by atoms with Crippen molar-refractivity contribution in [3.63, 3.8) is 0 Å². The molecule has 0 saturated heterocycles. The quantitative estimate of drug-likeness (QED) is 0.231. The number of fused-ring (bicyclic) bond motifs is 7. The number of nitrogens with one attached hydrogen (secondary N) is 1. The first-order chi connectivity index (χ1) is 21.8. The van der Waals surface area contributed by atoms with Crippen LogP contribution in [0.2, 0.25) is 0 Å². The lowest BCUT2D eigenvalue weighted by molar-refractivity contribution is 0.762. The van der Waals surface area contributed by atoms with E-state index < -0.39 is 0 Å². The largest absolute Gasteiger partial charge is 0.374 e. The summed E-state index contributed by atoms with van der Waals surface area (Å²) in [6, 6.07) is 49.4. The molecular weight excluding hydrogens is 536 g/mol. The summed E-state index contributed by atoms with van der Waals surface area (Å²) in [7, 11) is 0. The highest BCUT2D eigenvalue weighted by atomic mass is 15.1. The second kappa shape index (κ2) is 9.85. The Morgan fingerprint density at radius 1 is 0.523 bits per heavy atom. The molecule has 4 heteroatoms. The van der Waals surface area contributed by atoms with Crippen molar-refractivity contribution in [2.45, 2.75) is 6.04 Å². The van der Waals surface area contributed by atoms with Crippen molar-refractivity contribution < 1.29 is 0 Å². The van der Waals surface area contributed by atoms with E-state index in [4.69, 9.17) is 4.98 Å². The summed E-state index contributed by atoms with van der Waals surface area (Å²) in [5.41, 5.74) is 9.27. The second-order valence-corrected chi connectivity index (χ2v) is 11.3. The van der Waals surface area contributed by atoms with Gasteiger partial charge < -0.3 is 9.88 Å². The number of dihydropyridines is 1. The van der Waals surface area contributed by atoms with Crippen molar-refractivity contribution in [3.05, 3.63) is 169 Å². The van der Waals surface area contributed by atoms with Gasteiger partial charge in [-0.1, -0.05) is 115 Å². The lowest BCUT2D eigenvalue weighted by Crippen LogP contribution is -2.22. The highest BCUT2D eigenvalue weighted by molar-refractivity contribution is 6.24. The first-order valence-corrected chi connectivity index (χ1v) is 15.0. The van der Waals surface area contributed by atoms with E-state index in [2.05, 4.69) is 160 Å². The minimum Gasteiger partial charge on any atom is -0.374 e. The second-order valence-electron chi connectivity index (χ2n) is 11.3. The van der Waals surface area contributed by atoms with Crippen LogP contribution in [0.3, 0.4) is 0 Å². The van der Waals surface area contributed by atoms with Gasteiger partial charge in [0.05, 0.1) is 28.1 Å². The van der Waals surface area contributed by atoms with E-state index in [9.17, 15) is 0 Å². The fraction of sp³-hybridized carbons (Fsp3) is 0.0250. The lowest BCUT2D eigenvalue weighted by Gasteiger charge is -2.26. The van der Waals surface area contributed by atoms with Crippen molar-refractivity contribution in [1.82, 2.24) is 19.4 Å². The molecule has 0 radical (unpaired) electrons. The number of rotatable bonds is 4. The number of pyridine rings is 1. The van der Waals surface area contributed by atoms with Gasteiger partial charge in [-0.2, -0.15) is 0 Å². The maximum atomic E-state index is 4.84. The number of hydrogen-bond donors (Lipinski definition) is 1. The van der Waals surface area contributed by atoms with Crippen LogP contribution in [0, 0.1) is 0 Å². The molecule has 0 amide bonds. The van der Waals surface area contributed by atoms with Gasteiger partial charge in [0.25, 0.3) is 0 Å². The van der Waals surface area contributed by atoms with Gasteiger partial charge in [-0.25, -0.2) is 4.98 Å². The van der Waals surface area contributed by atoms with Crippen molar-refractivity contribution in [2.24, 2.45) is 0 Å². The molecule has 0 fully saturated rings. The molecule has 4 nitrogen and oxygen atoms in total. The number of para-hydroxylation sites is 2. The van der Waals surface area contributed by atoms with E-state index in [0.29, 0.717) is 0 Å². The third-order valence-corrected chi connectivity index (χ3v) is 8.79. The smallest absolute Gasteiger partial charge is 0.137 e. The molecule has 44 heavy (non-hydrogen) atoms. The topological polar surface area (TPSA) is 34.8 Å². The average Bonchev–Trinajstić information content (AvgIpc) is 3.62. The van der Waals surface area contributed by atoms with Crippen LogP contribution in [-0.2, 0) is 0 Å². The molecule has 8 aromatic rings. The minimum atomic E-state index is 0.00321. The Kier molecular flexibility index (Phi) is 5.53. The third kappa shape index (κ3) is 3.74. The standard InChI is InChI=1S/C40H28N4/c1-3-13-27(14-4-1)34-25-29(26-35(42-34)28-15-5-2-6-16-28)43-36-19-9-7-17-30(36)32-22-23-33-31-18-8-10-20-37(31)44(40(33)39(32)43)38-21-11-12-24-41-38/h1-26,34,42H. The predicted octanol–water partition coefficient (Wildman–Crippen LogP) is 9.51. The van der Waals surface area contributed by atoms with Crippen molar-refractivity contribution in [2.75, 3.05) is 0 Å². The molecule has 0 spiro atoms. The molecule has 1 atom stereocenters. The normalized spacial score (nSPS) is 15.0. The van der Waals surface area contributed by atoms with Gasteiger partial charge in [-0.3, -0.25) is 4.57 Å². The average molecular weight is 565 g/mol. The SMILES string of the molecule is C1=C(c2ccccc2)NC(c2ccccc2)C=C1n1c2ccccc2c2ccc3c4ccccc4n(-c4ccccn4)c3c21. The first-order valence-electron chi connectivity index (χ1n) is 15.0. The van der Waals surface area contributed by atoms with Crippen molar-refractivity contribution >= 4 is 55.0 Å². The van der Waals surface area contributed by atoms with Gasteiger partial charge in [-0.05, 0) is 47.5 Å². The number of aromatic nitrogens is 3. The summed E-state index contributed by atoms with van der Waals surface area (Å²) in [5.74, 6) is 0.907. The molecule has 208 valence electrons. The fourth-order valence-corrected chi connectivity index (χ4v) is 6.87. The van der Waals surface area contributed by atoms with E-state index in [0.717, 1.165) is 33.8 Å². The summed E-state index contributed by atoms with van der Waals surface area (Å²) in [4.78, 5) is 4.84. The van der Waals surface area contributed by atoms with E-state index in [1.807, 2.05) is 12.3 Å². The van der Waals surface area contributed by atoms with Crippen LogP contribution in [0.5, 0.6) is 0 Å². The Morgan fingerprint density at radius 3 is 1.80 bits per heavy atom. The Balaban J connectivity index is 1.44. The van der Waals surface area contributed by atoms with Gasteiger partial charge in [0.1, 0.15) is 5.82 Å². The molecule has 0 saturated carbocycles. The molecule has 1 unspecified atom stereocenters. The zero-order valence-corrected chi connectivity index (χ0v) is 23.9. The Hall–Kier alpha value is -5.87. The molecule has 0 aliphatic carbocycles. The maximum absolute atomic E-state index is 4.84. The van der Waals surface area contributed by atoms with Crippen LogP contribution in [0.15, 0.2) is 158 Å². The highest BCUT2D eigenvalue weighted by Crippen LogP contribution is 2.42. The summed E-state index contributed by atoms with van der Waals surface area (Å²) < 4.78 is 4.80. The van der Waals surface area contributed by atoms with Gasteiger partial charge in [0.15, 0.2) is 0 Å². The molecule has 1 aliphatic rings. The van der Waals surface area contributed by atoms with Crippen LogP contribution in [0.4, 0.5) is 0 Å². The molecule has 1 aliphatic heterocycles. The molecule has 0 bridgehead atoms. The number of nitrogens with zero attached hydrogens (tertiary/aromatic N) is 3. The molecule has 5 aromatic carbocycles. The van der Waals surface area contributed by atoms with Crippen LogP contribution in [0.25, 0.3) is 60.8 Å². The molecule has 1 N–H and O–H groups in total. The van der Waals surface area contributed by atoms with Crippen molar-refractivity contribution in [3.8, 4) is 5.82 Å². The van der Waals surface area contributed by atoms with Crippen LogP contribution < -0.4 is 5.32 Å². The molecule has 4 heterocycles. The van der Waals surface area contributed by atoms with Crippen LogP contribution >= 0.6 is 0 Å². The lowest BCUT2D eigenvalue weighted by atomic mass is 9.99. The molecule has 3 aromatic heterocycles. The van der Waals surface area contributed by atoms with Gasteiger partial charge in [-0.15, -0.1) is 0 Å². The summed E-state index contributed by atoms with van der Waals surface area (Å²) in [5, 5.41) is 8.70. The van der Waals surface area contributed by atoms with Crippen LogP contribution in [0.1, 0.15) is 17.2 Å². The van der Waals surface area contributed by atoms with E-state index in [1.165, 1.54) is 38.1 Å². The van der Waals surface area contributed by atoms with Gasteiger partial charge in [0, 0.05) is 39.1 Å². The third-order valence-electron chi connectivity index (χ3n) is 8.79. The zero-order chi connectivity index (χ0) is 29.0. The van der Waals surface area contributed by atoms with Gasteiger partial charge >= 0.3 is 0 Å². The highest BCUT2D eigenvalue weighted by Gasteiger charge is 2.24. The Bertz CT molecular complexity index is 2400. The van der Waals surface area contributed by atoms with E-state index in [-0.39, 0.29) is 6.04 Å². The number of hydrogen-bond acceptors (Lipinski definition) is 2. The van der Waals surface area contributed by atoms with E-state index in [1.54, 1.807) is 0 Å². The monoisotopic (exact) mass is 564 g/mol. The summed E-state index contributed by atoms with van der Waals surface area (Å²) >= 11 is 0. The zero-order valence-electron chi connectivity index (χ0n) is 23.9. The first kappa shape index (κ1) is 24.7. The molecular formula is C40H28N4. The maximum Gasteiger partial charge on any atom is 0.137 e. The Labute approximate surface area is 254 Å². The van der Waals surface area contributed by atoms with Gasteiger partial charge in [0.2, 0.25) is 0 Å². The van der Waals surface area contributed by atoms with Crippen LogP contribution in [-0.4, -0.2) is 14.1 Å².